The zero-order valence-electron chi connectivity index (χ0n) is 17.4. The smallest absolute Gasteiger partial charge is 0.277 e. The van der Waals surface area contributed by atoms with Gasteiger partial charge in [0.15, 0.2) is 11.5 Å². The number of aromatic nitrogens is 4. The van der Waals surface area contributed by atoms with E-state index in [-0.39, 0.29) is 5.56 Å². The molecule has 0 fully saturated rings. The van der Waals surface area contributed by atoms with Gasteiger partial charge >= 0.3 is 0 Å². The van der Waals surface area contributed by atoms with E-state index in [0.29, 0.717) is 51.0 Å². The summed E-state index contributed by atoms with van der Waals surface area (Å²) in [4.78, 5) is 16.9. The first-order chi connectivity index (χ1) is 15.0. The molecule has 31 heavy (non-hydrogen) atoms. The van der Waals surface area contributed by atoms with E-state index in [1.807, 2.05) is 19.1 Å². The number of rotatable bonds is 7. The van der Waals surface area contributed by atoms with E-state index in [1.54, 1.807) is 18.3 Å². The van der Waals surface area contributed by atoms with Gasteiger partial charge in [-0.25, -0.2) is 4.98 Å². The first-order valence-corrected chi connectivity index (χ1v) is 10.3. The number of fused-ring (bicyclic) bond motifs is 1. The molecule has 1 aromatic carbocycles. The molecule has 0 amide bonds. The summed E-state index contributed by atoms with van der Waals surface area (Å²) in [5.41, 5.74) is 2.76. The van der Waals surface area contributed by atoms with Gasteiger partial charge in [0.2, 0.25) is 11.6 Å². The normalized spacial score (nSPS) is 11.0. The lowest BCUT2D eigenvalue weighted by Crippen LogP contribution is -2.15. The predicted molar refractivity (Wildman–Crippen MR) is 115 cm³/mol. The molecule has 0 spiro atoms. The van der Waals surface area contributed by atoms with Crippen molar-refractivity contribution in [2.24, 2.45) is 0 Å². The number of methoxy groups -OCH3 is 3. The fraction of sp³-hybridized carbons (Fsp3) is 0.238. The highest BCUT2D eigenvalue weighted by molar-refractivity contribution is 7.98. The van der Waals surface area contributed by atoms with Gasteiger partial charge in [-0.2, -0.15) is 0 Å². The Balaban J connectivity index is 1.56. The Labute approximate surface area is 182 Å². The molecule has 3 heterocycles. The zero-order chi connectivity index (χ0) is 22.0. The lowest BCUT2D eigenvalue weighted by molar-refractivity contribution is 0.324. The second kappa shape index (κ2) is 8.68. The van der Waals surface area contributed by atoms with Crippen LogP contribution in [0.25, 0.3) is 17.1 Å². The van der Waals surface area contributed by atoms with Gasteiger partial charge in [-0.1, -0.05) is 11.8 Å². The lowest BCUT2D eigenvalue weighted by Gasteiger charge is -2.12. The van der Waals surface area contributed by atoms with Gasteiger partial charge < -0.3 is 18.6 Å². The lowest BCUT2D eigenvalue weighted by atomic mass is 10.2. The van der Waals surface area contributed by atoms with Gasteiger partial charge in [0.05, 0.1) is 27.0 Å². The average molecular weight is 440 g/mol. The largest absolute Gasteiger partial charge is 0.493 e. The maximum Gasteiger partial charge on any atom is 0.277 e. The maximum absolute atomic E-state index is 12.3. The Hall–Kier alpha value is -3.53. The van der Waals surface area contributed by atoms with Crippen LogP contribution in [0.4, 0.5) is 0 Å². The minimum absolute atomic E-state index is 0.135. The van der Waals surface area contributed by atoms with E-state index < -0.39 is 0 Å². The molecule has 0 aliphatic heterocycles. The molecule has 0 radical (unpaired) electrons. The molecule has 9 nitrogen and oxygen atoms in total. The summed E-state index contributed by atoms with van der Waals surface area (Å²) >= 11 is 1.30. The van der Waals surface area contributed by atoms with Crippen molar-refractivity contribution in [3.05, 3.63) is 58.1 Å². The van der Waals surface area contributed by atoms with Crippen LogP contribution in [0, 0.1) is 6.92 Å². The number of nitrogens with zero attached hydrogens (tertiary/aromatic N) is 4. The van der Waals surface area contributed by atoms with Crippen molar-refractivity contribution < 1.29 is 18.6 Å². The highest BCUT2D eigenvalue weighted by Gasteiger charge is 2.18. The third-order valence-electron chi connectivity index (χ3n) is 4.54. The van der Waals surface area contributed by atoms with Crippen LogP contribution < -0.4 is 19.8 Å². The Morgan fingerprint density at radius 3 is 2.45 bits per heavy atom. The second-order valence-electron chi connectivity index (χ2n) is 6.59. The minimum Gasteiger partial charge on any atom is -0.493 e. The van der Waals surface area contributed by atoms with Crippen molar-refractivity contribution in [1.82, 2.24) is 19.6 Å². The Morgan fingerprint density at radius 2 is 1.77 bits per heavy atom. The summed E-state index contributed by atoms with van der Waals surface area (Å²) in [7, 11) is 4.61. The van der Waals surface area contributed by atoms with Crippen LogP contribution in [-0.4, -0.2) is 40.9 Å². The molecular weight excluding hydrogens is 420 g/mol. The average Bonchev–Trinajstić information content (AvgIpc) is 3.25. The van der Waals surface area contributed by atoms with Gasteiger partial charge in [-0.05, 0) is 36.8 Å². The van der Waals surface area contributed by atoms with Crippen LogP contribution >= 0.6 is 11.8 Å². The van der Waals surface area contributed by atoms with Crippen LogP contribution in [0.3, 0.4) is 0 Å². The van der Waals surface area contributed by atoms with Crippen LogP contribution in [0.15, 0.2) is 51.0 Å². The van der Waals surface area contributed by atoms with E-state index >= 15 is 0 Å². The predicted octanol–water partition coefficient (Wildman–Crippen LogP) is 3.37. The van der Waals surface area contributed by atoms with Gasteiger partial charge in [0, 0.05) is 23.6 Å². The number of ether oxygens (including phenoxy) is 3. The topological polar surface area (TPSA) is 101 Å². The van der Waals surface area contributed by atoms with Crippen LogP contribution in [0.2, 0.25) is 0 Å². The van der Waals surface area contributed by atoms with Crippen molar-refractivity contribution in [3.8, 4) is 28.7 Å². The van der Waals surface area contributed by atoms with E-state index in [0.717, 1.165) is 5.56 Å². The first-order valence-electron chi connectivity index (χ1n) is 9.28. The summed E-state index contributed by atoms with van der Waals surface area (Å²) in [5, 5.41) is 8.55. The fourth-order valence-electron chi connectivity index (χ4n) is 3.05. The molecule has 4 aromatic rings. The highest BCUT2D eigenvalue weighted by atomic mass is 32.2. The number of pyridine rings is 1. The molecule has 3 aromatic heterocycles. The van der Waals surface area contributed by atoms with E-state index in [9.17, 15) is 4.79 Å². The monoisotopic (exact) mass is 440 g/mol. The summed E-state index contributed by atoms with van der Waals surface area (Å²) in [5.74, 6) is 2.17. The van der Waals surface area contributed by atoms with Gasteiger partial charge in [0.25, 0.3) is 10.8 Å². The number of hydrogen-bond acceptors (Lipinski definition) is 9. The summed E-state index contributed by atoms with van der Waals surface area (Å²) in [6.07, 6.45) is 1.72. The van der Waals surface area contributed by atoms with Crippen molar-refractivity contribution in [3.63, 3.8) is 0 Å². The molecule has 0 bridgehead atoms. The first kappa shape index (κ1) is 20.7. The molecule has 160 valence electrons. The molecule has 10 heteroatoms. The standard InChI is InChI=1S/C21H20N4O5S/c1-12-5-6-25-17(7-12)22-14(10-18(25)26)11-31-21-24-23-20(30-21)13-8-15(27-2)19(29-4)16(9-13)28-3/h5-10H,11H2,1-4H3. The zero-order valence-corrected chi connectivity index (χ0v) is 18.2. The van der Waals surface area contributed by atoms with Crippen molar-refractivity contribution in [2.45, 2.75) is 17.9 Å². The van der Waals surface area contributed by atoms with Crippen LogP contribution in [0.5, 0.6) is 17.2 Å². The highest BCUT2D eigenvalue weighted by Crippen LogP contribution is 2.41. The molecule has 0 aliphatic rings. The van der Waals surface area contributed by atoms with Gasteiger partial charge in [0.1, 0.15) is 5.65 Å². The molecule has 0 unspecified atom stereocenters. The number of benzene rings is 1. The van der Waals surface area contributed by atoms with Crippen molar-refractivity contribution >= 4 is 17.4 Å². The Kier molecular flexibility index (Phi) is 5.81. The SMILES string of the molecule is COc1cc(-c2nnc(SCc3cc(=O)n4ccc(C)cc4n3)o2)cc(OC)c1OC. The van der Waals surface area contributed by atoms with E-state index in [1.165, 1.54) is 43.6 Å². The molecule has 0 N–H and O–H groups in total. The van der Waals surface area contributed by atoms with Crippen LogP contribution in [-0.2, 0) is 5.75 Å². The Morgan fingerprint density at radius 1 is 1.03 bits per heavy atom. The minimum atomic E-state index is -0.135. The number of aryl methyl sites for hydroxylation is 1. The van der Waals surface area contributed by atoms with Crippen LogP contribution in [0.1, 0.15) is 11.3 Å². The molecule has 4 rings (SSSR count). The molecule has 0 aliphatic carbocycles. The quantitative estimate of drug-likeness (QED) is 0.400. The molecule has 0 atom stereocenters. The number of thioether (sulfide) groups is 1. The third-order valence-corrected chi connectivity index (χ3v) is 5.39. The summed E-state index contributed by atoms with van der Waals surface area (Å²) in [6.45, 7) is 1.96. The third kappa shape index (κ3) is 4.19. The maximum atomic E-state index is 12.3. The van der Waals surface area contributed by atoms with Crippen molar-refractivity contribution in [1.29, 1.82) is 0 Å². The number of hydrogen-bond donors (Lipinski definition) is 0. The van der Waals surface area contributed by atoms with Gasteiger partial charge in [-0.3, -0.25) is 9.20 Å². The van der Waals surface area contributed by atoms with E-state index in [2.05, 4.69) is 15.2 Å². The fourth-order valence-corrected chi connectivity index (χ4v) is 3.71. The summed E-state index contributed by atoms with van der Waals surface area (Å²) in [6, 6.07) is 8.71. The molecule has 0 saturated carbocycles. The Bertz CT molecular complexity index is 1280. The summed E-state index contributed by atoms with van der Waals surface area (Å²) < 4.78 is 23.4. The molecular formula is C21H20N4O5S. The van der Waals surface area contributed by atoms with E-state index in [4.69, 9.17) is 18.6 Å². The second-order valence-corrected chi connectivity index (χ2v) is 7.52. The van der Waals surface area contributed by atoms with Crippen molar-refractivity contribution in [2.75, 3.05) is 21.3 Å². The molecule has 0 saturated heterocycles. The van der Waals surface area contributed by atoms with Gasteiger partial charge in [-0.15, -0.1) is 10.2 Å².